The number of hydrogen-bond donors (Lipinski definition) is 1. The molecule has 1 amide bonds. The summed E-state index contributed by atoms with van der Waals surface area (Å²) in [4.78, 5) is 13.8. The van der Waals surface area contributed by atoms with Crippen molar-refractivity contribution in [2.24, 2.45) is 0 Å². The molecule has 2 heterocycles. The SMILES string of the molecule is CC(NS(=O)(=O)N1CCCCC1)C(=O)N1CCOCC1. The fraction of sp³-hybridized carbons (Fsp3) is 0.917. The maximum absolute atomic E-state index is 12.2. The highest BCUT2D eigenvalue weighted by atomic mass is 32.2. The van der Waals surface area contributed by atoms with Crippen LogP contribution in [0.15, 0.2) is 0 Å². The molecule has 0 aliphatic carbocycles. The molecule has 8 heteroatoms. The lowest BCUT2D eigenvalue weighted by Crippen LogP contribution is -2.53. The van der Waals surface area contributed by atoms with Crippen LogP contribution in [0.4, 0.5) is 0 Å². The summed E-state index contributed by atoms with van der Waals surface area (Å²) in [5.74, 6) is -0.186. The molecule has 1 N–H and O–H groups in total. The number of carbonyl (C=O) groups is 1. The molecular formula is C12H23N3O4S. The highest BCUT2D eigenvalue weighted by Crippen LogP contribution is 2.12. The van der Waals surface area contributed by atoms with Gasteiger partial charge in [-0.15, -0.1) is 0 Å². The monoisotopic (exact) mass is 305 g/mol. The number of rotatable bonds is 4. The summed E-state index contributed by atoms with van der Waals surface area (Å²) < 4.78 is 33.5. The molecule has 0 spiro atoms. The van der Waals surface area contributed by atoms with Gasteiger partial charge in [-0.05, 0) is 19.8 Å². The number of ether oxygens (including phenoxy) is 1. The minimum Gasteiger partial charge on any atom is -0.378 e. The van der Waals surface area contributed by atoms with Crippen molar-refractivity contribution in [3.8, 4) is 0 Å². The quantitative estimate of drug-likeness (QED) is 0.763. The van der Waals surface area contributed by atoms with Gasteiger partial charge in [0.15, 0.2) is 0 Å². The summed E-state index contributed by atoms with van der Waals surface area (Å²) in [5.41, 5.74) is 0. The minimum atomic E-state index is -3.56. The van der Waals surface area contributed by atoms with Gasteiger partial charge in [-0.2, -0.15) is 17.4 Å². The van der Waals surface area contributed by atoms with E-state index in [0.717, 1.165) is 19.3 Å². The largest absolute Gasteiger partial charge is 0.378 e. The first-order valence-corrected chi connectivity index (χ1v) is 8.58. The zero-order valence-corrected chi connectivity index (χ0v) is 12.7. The molecule has 7 nitrogen and oxygen atoms in total. The van der Waals surface area contributed by atoms with Gasteiger partial charge in [0.2, 0.25) is 5.91 Å². The molecule has 2 aliphatic rings. The van der Waals surface area contributed by atoms with Crippen LogP contribution in [0, 0.1) is 0 Å². The molecule has 1 unspecified atom stereocenters. The van der Waals surface area contributed by atoms with Crippen molar-refractivity contribution in [3.63, 3.8) is 0 Å². The Bertz CT molecular complexity index is 428. The second-order valence-electron chi connectivity index (χ2n) is 5.24. The van der Waals surface area contributed by atoms with Crippen LogP contribution in [-0.2, 0) is 19.7 Å². The first-order chi connectivity index (χ1) is 9.50. The molecule has 0 aromatic carbocycles. The van der Waals surface area contributed by atoms with Gasteiger partial charge in [0.05, 0.1) is 19.3 Å². The van der Waals surface area contributed by atoms with Gasteiger partial charge in [-0.3, -0.25) is 4.79 Å². The van der Waals surface area contributed by atoms with Gasteiger partial charge < -0.3 is 9.64 Å². The zero-order chi connectivity index (χ0) is 14.6. The van der Waals surface area contributed by atoms with Crippen LogP contribution in [0.1, 0.15) is 26.2 Å². The normalized spacial score (nSPS) is 23.6. The Labute approximate surface area is 120 Å². The maximum atomic E-state index is 12.2. The predicted octanol–water partition coefficient (Wildman–Crippen LogP) is -0.446. The van der Waals surface area contributed by atoms with Gasteiger partial charge in [0, 0.05) is 26.2 Å². The number of hydrogen-bond acceptors (Lipinski definition) is 4. The van der Waals surface area contributed by atoms with Crippen LogP contribution in [0.5, 0.6) is 0 Å². The molecule has 2 rings (SSSR count). The molecule has 1 atom stereocenters. The second kappa shape index (κ2) is 6.84. The van der Waals surface area contributed by atoms with Crippen LogP contribution < -0.4 is 4.72 Å². The van der Waals surface area contributed by atoms with Crippen LogP contribution in [0.2, 0.25) is 0 Å². The summed E-state index contributed by atoms with van der Waals surface area (Å²) in [6, 6.07) is -0.736. The third-order valence-electron chi connectivity index (χ3n) is 3.67. The van der Waals surface area contributed by atoms with Crippen LogP contribution in [0.25, 0.3) is 0 Å². The number of carbonyl (C=O) groups excluding carboxylic acids is 1. The number of morpholine rings is 1. The molecule has 20 heavy (non-hydrogen) atoms. The third kappa shape index (κ3) is 3.91. The predicted molar refractivity (Wildman–Crippen MR) is 74.3 cm³/mol. The van der Waals surface area contributed by atoms with E-state index >= 15 is 0 Å². The van der Waals surface area contributed by atoms with Gasteiger partial charge in [0.25, 0.3) is 10.2 Å². The van der Waals surface area contributed by atoms with Crippen molar-refractivity contribution >= 4 is 16.1 Å². The Morgan fingerprint density at radius 2 is 1.70 bits per heavy atom. The molecule has 0 radical (unpaired) electrons. The van der Waals surface area contributed by atoms with Crippen molar-refractivity contribution in [2.45, 2.75) is 32.2 Å². The van der Waals surface area contributed by atoms with E-state index in [2.05, 4.69) is 4.72 Å². The highest BCUT2D eigenvalue weighted by Gasteiger charge is 2.30. The van der Waals surface area contributed by atoms with Gasteiger partial charge >= 0.3 is 0 Å². The van der Waals surface area contributed by atoms with E-state index in [-0.39, 0.29) is 5.91 Å². The Balaban J connectivity index is 1.91. The van der Waals surface area contributed by atoms with Crippen LogP contribution >= 0.6 is 0 Å². The molecule has 0 saturated carbocycles. The third-order valence-corrected chi connectivity index (χ3v) is 5.37. The van der Waals surface area contributed by atoms with Crippen molar-refractivity contribution in [2.75, 3.05) is 39.4 Å². The molecule has 2 saturated heterocycles. The average molecular weight is 305 g/mol. The van der Waals surface area contributed by atoms with Gasteiger partial charge in [-0.1, -0.05) is 6.42 Å². The zero-order valence-electron chi connectivity index (χ0n) is 11.9. The molecule has 0 bridgehead atoms. The summed E-state index contributed by atoms with van der Waals surface area (Å²) in [6.45, 7) is 4.73. The molecule has 0 aromatic heterocycles. The minimum absolute atomic E-state index is 0.186. The summed E-state index contributed by atoms with van der Waals surface area (Å²) in [5, 5.41) is 0. The Morgan fingerprint density at radius 3 is 2.30 bits per heavy atom. The standard InChI is InChI=1S/C12H23N3O4S/c1-11(12(16)14-7-9-19-10-8-14)13-20(17,18)15-5-3-2-4-6-15/h11,13H,2-10H2,1H3. The smallest absolute Gasteiger partial charge is 0.280 e. The molecule has 2 fully saturated rings. The van der Waals surface area contributed by atoms with E-state index in [9.17, 15) is 13.2 Å². The van der Waals surface area contributed by atoms with E-state index in [1.165, 1.54) is 4.31 Å². The van der Waals surface area contributed by atoms with E-state index in [1.807, 2.05) is 0 Å². The number of nitrogens with one attached hydrogen (secondary N) is 1. The van der Waals surface area contributed by atoms with E-state index in [1.54, 1.807) is 11.8 Å². The Kier molecular flexibility index (Phi) is 5.36. The summed E-state index contributed by atoms with van der Waals surface area (Å²) in [7, 11) is -3.56. The number of nitrogens with zero attached hydrogens (tertiary/aromatic N) is 2. The summed E-state index contributed by atoms with van der Waals surface area (Å²) >= 11 is 0. The molecule has 0 aromatic rings. The van der Waals surface area contributed by atoms with Crippen molar-refractivity contribution in [1.29, 1.82) is 0 Å². The first-order valence-electron chi connectivity index (χ1n) is 7.14. The van der Waals surface area contributed by atoms with Gasteiger partial charge in [-0.25, -0.2) is 0 Å². The van der Waals surface area contributed by atoms with E-state index < -0.39 is 16.3 Å². The molecule has 2 aliphatic heterocycles. The lowest BCUT2D eigenvalue weighted by Gasteiger charge is -2.31. The molecule has 116 valence electrons. The van der Waals surface area contributed by atoms with Crippen molar-refractivity contribution in [1.82, 2.24) is 13.9 Å². The van der Waals surface area contributed by atoms with Crippen molar-refractivity contribution < 1.29 is 17.9 Å². The lowest BCUT2D eigenvalue weighted by molar-refractivity contribution is -0.136. The molecular weight excluding hydrogens is 282 g/mol. The average Bonchev–Trinajstić information content (AvgIpc) is 2.48. The van der Waals surface area contributed by atoms with Crippen LogP contribution in [-0.4, -0.2) is 69.0 Å². The number of piperidine rings is 1. The highest BCUT2D eigenvalue weighted by molar-refractivity contribution is 7.87. The second-order valence-corrected chi connectivity index (χ2v) is 6.94. The van der Waals surface area contributed by atoms with Gasteiger partial charge in [0.1, 0.15) is 0 Å². The van der Waals surface area contributed by atoms with Crippen LogP contribution in [0.3, 0.4) is 0 Å². The summed E-state index contributed by atoms with van der Waals surface area (Å²) in [6.07, 6.45) is 2.83. The number of amides is 1. The first kappa shape index (κ1) is 15.7. The fourth-order valence-electron chi connectivity index (χ4n) is 2.51. The van der Waals surface area contributed by atoms with E-state index in [4.69, 9.17) is 4.74 Å². The fourth-order valence-corrected chi connectivity index (χ4v) is 3.95. The maximum Gasteiger partial charge on any atom is 0.280 e. The Hall–Kier alpha value is -0.700. The lowest BCUT2D eigenvalue weighted by atomic mass is 10.2. The van der Waals surface area contributed by atoms with E-state index in [0.29, 0.717) is 39.4 Å². The van der Waals surface area contributed by atoms with Crippen molar-refractivity contribution in [3.05, 3.63) is 0 Å². The Morgan fingerprint density at radius 1 is 1.10 bits per heavy atom. The topological polar surface area (TPSA) is 79.0 Å².